The van der Waals surface area contributed by atoms with Crippen molar-refractivity contribution in [2.45, 2.75) is 13.3 Å². The van der Waals surface area contributed by atoms with E-state index in [1.54, 1.807) is 12.3 Å². The molecule has 4 heteroatoms. The number of aryl methyl sites for hydroxylation is 1. The summed E-state index contributed by atoms with van der Waals surface area (Å²) in [6, 6.07) is 10.0. The fraction of sp³-hybridized carbons (Fsp3) is 0.231. The monoisotopic (exact) mass is 228 g/mol. The van der Waals surface area contributed by atoms with E-state index in [1.807, 2.05) is 11.9 Å². The van der Waals surface area contributed by atoms with Crippen molar-refractivity contribution in [2.24, 2.45) is 0 Å². The fourth-order valence-electron chi connectivity index (χ4n) is 1.59. The van der Waals surface area contributed by atoms with Crippen molar-refractivity contribution in [3.63, 3.8) is 0 Å². The van der Waals surface area contributed by atoms with Crippen LogP contribution in [0, 0.1) is 0 Å². The zero-order chi connectivity index (χ0) is 12.3. The fourth-order valence-corrected chi connectivity index (χ4v) is 1.59. The number of nitrogens with zero attached hydrogens (tertiary/aromatic N) is 3. The smallest absolute Gasteiger partial charge is 0.231 e. The molecule has 0 spiro atoms. The Morgan fingerprint density at radius 1 is 1.18 bits per heavy atom. The molecule has 2 rings (SSSR count). The third-order valence-corrected chi connectivity index (χ3v) is 2.70. The highest BCUT2D eigenvalue weighted by atomic mass is 15.2. The second kappa shape index (κ2) is 4.82. The standard InChI is InChI=1S/C13H16N4/c1-3-10-4-6-11(7-5-10)17(2)13-15-9-8-12(14)16-13/h4-9H,3H2,1-2H3,(H2,14,15,16). The van der Waals surface area contributed by atoms with E-state index in [0.717, 1.165) is 12.1 Å². The van der Waals surface area contributed by atoms with Gasteiger partial charge in [-0.05, 0) is 30.2 Å². The summed E-state index contributed by atoms with van der Waals surface area (Å²) < 4.78 is 0. The third kappa shape index (κ3) is 2.53. The quantitative estimate of drug-likeness (QED) is 0.876. The summed E-state index contributed by atoms with van der Waals surface area (Å²) in [5.74, 6) is 1.08. The van der Waals surface area contributed by atoms with Crippen LogP contribution in [0.2, 0.25) is 0 Å². The average Bonchev–Trinajstić information content (AvgIpc) is 2.38. The Bertz CT molecular complexity index is 493. The van der Waals surface area contributed by atoms with E-state index >= 15 is 0 Å². The SMILES string of the molecule is CCc1ccc(N(C)c2nccc(N)n2)cc1. The Morgan fingerprint density at radius 3 is 2.47 bits per heavy atom. The first-order valence-corrected chi connectivity index (χ1v) is 5.62. The van der Waals surface area contributed by atoms with E-state index in [0.29, 0.717) is 11.8 Å². The van der Waals surface area contributed by atoms with E-state index in [9.17, 15) is 0 Å². The van der Waals surface area contributed by atoms with E-state index in [-0.39, 0.29) is 0 Å². The lowest BCUT2D eigenvalue weighted by Gasteiger charge is -2.17. The molecule has 0 radical (unpaired) electrons. The maximum absolute atomic E-state index is 5.64. The van der Waals surface area contributed by atoms with Gasteiger partial charge in [-0.3, -0.25) is 0 Å². The van der Waals surface area contributed by atoms with Crippen molar-refractivity contribution in [3.05, 3.63) is 42.1 Å². The summed E-state index contributed by atoms with van der Waals surface area (Å²) in [4.78, 5) is 10.3. The van der Waals surface area contributed by atoms with Gasteiger partial charge in [-0.25, -0.2) is 4.98 Å². The highest BCUT2D eigenvalue weighted by Gasteiger charge is 2.06. The Balaban J connectivity index is 2.27. The molecule has 0 bridgehead atoms. The van der Waals surface area contributed by atoms with Crippen molar-refractivity contribution in [2.75, 3.05) is 17.7 Å². The molecule has 0 aliphatic heterocycles. The van der Waals surface area contributed by atoms with Crippen LogP contribution in [-0.2, 0) is 6.42 Å². The molecule has 0 unspecified atom stereocenters. The summed E-state index contributed by atoms with van der Waals surface area (Å²) in [7, 11) is 1.93. The second-order valence-electron chi connectivity index (χ2n) is 3.86. The van der Waals surface area contributed by atoms with Crippen LogP contribution in [0.15, 0.2) is 36.5 Å². The van der Waals surface area contributed by atoms with Crippen LogP contribution in [0.4, 0.5) is 17.5 Å². The Labute approximate surface area is 101 Å². The summed E-state index contributed by atoms with van der Waals surface area (Å²) in [5, 5.41) is 0. The molecule has 2 aromatic rings. The van der Waals surface area contributed by atoms with Crippen LogP contribution in [-0.4, -0.2) is 17.0 Å². The molecule has 2 N–H and O–H groups in total. The molecule has 88 valence electrons. The van der Waals surface area contributed by atoms with E-state index in [4.69, 9.17) is 5.73 Å². The number of nitrogens with two attached hydrogens (primary N) is 1. The van der Waals surface area contributed by atoms with Gasteiger partial charge < -0.3 is 10.6 Å². The molecule has 1 aromatic carbocycles. The van der Waals surface area contributed by atoms with Gasteiger partial charge in [0.2, 0.25) is 5.95 Å². The minimum Gasteiger partial charge on any atom is -0.384 e. The maximum Gasteiger partial charge on any atom is 0.231 e. The number of aromatic nitrogens is 2. The number of hydrogen-bond donors (Lipinski definition) is 1. The zero-order valence-electron chi connectivity index (χ0n) is 10.1. The van der Waals surface area contributed by atoms with Crippen LogP contribution in [0.1, 0.15) is 12.5 Å². The summed E-state index contributed by atoms with van der Waals surface area (Å²) >= 11 is 0. The molecule has 17 heavy (non-hydrogen) atoms. The second-order valence-corrected chi connectivity index (χ2v) is 3.86. The topological polar surface area (TPSA) is 55.0 Å². The van der Waals surface area contributed by atoms with Gasteiger partial charge in [0.1, 0.15) is 5.82 Å². The van der Waals surface area contributed by atoms with E-state index in [1.165, 1.54) is 5.56 Å². The van der Waals surface area contributed by atoms with Crippen LogP contribution in [0.3, 0.4) is 0 Å². The Kier molecular flexibility index (Phi) is 3.23. The predicted octanol–water partition coefficient (Wildman–Crippen LogP) is 2.39. The molecule has 0 saturated carbocycles. The highest BCUT2D eigenvalue weighted by Crippen LogP contribution is 2.20. The normalized spacial score (nSPS) is 10.2. The summed E-state index contributed by atoms with van der Waals surface area (Å²) in [5.41, 5.74) is 8.01. The molecule has 0 amide bonds. The van der Waals surface area contributed by atoms with Crippen molar-refractivity contribution in [3.8, 4) is 0 Å². The van der Waals surface area contributed by atoms with Gasteiger partial charge in [0.25, 0.3) is 0 Å². The summed E-state index contributed by atoms with van der Waals surface area (Å²) in [6.45, 7) is 2.14. The first-order valence-electron chi connectivity index (χ1n) is 5.62. The largest absolute Gasteiger partial charge is 0.384 e. The number of anilines is 3. The van der Waals surface area contributed by atoms with Gasteiger partial charge in [0.15, 0.2) is 0 Å². The maximum atomic E-state index is 5.64. The molecule has 4 nitrogen and oxygen atoms in total. The van der Waals surface area contributed by atoms with Crippen molar-refractivity contribution < 1.29 is 0 Å². The lowest BCUT2D eigenvalue weighted by Crippen LogP contribution is -2.13. The molecule has 0 saturated heterocycles. The van der Waals surface area contributed by atoms with Crippen molar-refractivity contribution in [1.29, 1.82) is 0 Å². The predicted molar refractivity (Wildman–Crippen MR) is 70.3 cm³/mol. The third-order valence-electron chi connectivity index (χ3n) is 2.70. The van der Waals surface area contributed by atoms with Crippen molar-refractivity contribution in [1.82, 2.24) is 9.97 Å². The molecule has 0 fully saturated rings. The molecular formula is C13H16N4. The first-order chi connectivity index (χ1) is 8.20. The van der Waals surface area contributed by atoms with Crippen LogP contribution in [0.5, 0.6) is 0 Å². The van der Waals surface area contributed by atoms with E-state index in [2.05, 4.69) is 41.2 Å². The molecule has 0 aliphatic rings. The number of benzene rings is 1. The number of hydrogen-bond acceptors (Lipinski definition) is 4. The Morgan fingerprint density at radius 2 is 1.88 bits per heavy atom. The zero-order valence-corrected chi connectivity index (χ0v) is 10.1. The minimum absolute atomic E-state index is 0.479. The molecular weight excluding hydrogens is 212 g/mol. The van der Waals surface area contributed by atoms with Crippen LogP contribution < -0.4 is 10.6 Å². The minimum atomic E-state index is 0.479. The van der Waals surface area contributed by atoms with Gasteiger partial charge in [-0.2, -0.15) is 4.98 Å². The number of rotatable bonds is 3. The molecule has 0 atom stereocenters. The first kappa shape index (κ1) is 11.4. The van der Waals surface area contributed by atoms with Gasteiger partial charge in [0.05, 0.1) is 0 Å². The lowest BCUT2D eigenvalue weighted by molar-refractivity contribution is 1.04. The van der Waals surface area contributed by atoms with Gasteiger partial charge in [0, 0.05) is 18.9 Å². The van der Waals surface area contributed by atoms with Gasteiger partial charge in [-0.1, -0.05) is 19.1 Å². The summed E-state index contributed by atoms with van der Waals surface area (Å²) in [6.07, 6.45) is 2.70. The average molecular weight is 228 g/mol. The van der Waals surface area contributed by atoms with Crippen molar-refractivity contribution >= 4 is 17.5 Å². The molecule has 1 aromatic heterocycles. The van der Waals surface area contributed by atoms with E-state index < -0.39 is 0 Å². The molecule has 0 aliphatic carbocycles. The molecule has 1 heterocycles. The highest BCUT2D eigenvalue weighted by molar-refractivity contribution is 5.57. The Hall–Kier alpha value is -2.10. The van der Waals surface area contributed by atoms with Gasteiger partial charge >= 0.3 is 0 Å². The van der Waals surface area contributed by atoms with Gasteiger partial charge in [-0.15, -0.1) is 0 Å². The van der Waals surface area contributed by atoms with Crippen LogP contribution >= 0.6 is 0 Å². The van der Waals surface area contributed by atoms with Crippen LogP contribution in [0.25, 0.3) is 0 Å². The number of nitrogen functional groups attached to an aromatic ring is 1. The lowest BCUT2D eigenvalue weighted by atomic mass is 10.1.